The van der Waals surface area contributed by atoms with Gasteiger partial charge in [-0.25, -0.2) is 0 Å². The van der Waals surface area contributed by atoms with Gasteiger partial charge < -0.3 is 29.9 Å². The van der Waals surface area contributed by atoms with Crippen LogP contribution in [-0.2, 0) is 9.47 Å². The van der Waals surface area contributed by atoms with Crippen LogP contribution in [0.25, 0.3) is 0 Å². The lowest BCUT2D eigenvalue weighted by Crippen LogP contribution is -2.54. The van der Waals surface area contributed by atoms with Crippen molar-refractivity contribution in [1.82, 2.24) is 0 Å². The van der Waals surface area contributed by atoms with Gasteiger partial charge in [0.25, 0.3) is 0 Å². The Kier molecular flexibility index (Phi) is 4.24. The van der Waals surface area contributed by atoms with Crippen molar-refractivity contribution in [2.24, 2.45) is 0 Å². The predicted molar refractivity (Wildman–Crippen MR) is 45.4 cm³/mol. The Hall–Kier alpha value is -0.240. The third kappa shape index (κ3) is 2.88. The number of aliphatic hydroxyl groups is 4. The van der Waals surface area contributed by atoms with E-state index in [1.165, 1.54) is 6.92 Å². The van der Waals surface area contributed by atoms with E-state index >= 15 is 0 Å². The highest BCUT2D eigenvalue weighted by molar-refractivity contribution is 4.82. The standard InChI is InChI=1S/C8H16O6/c1-4(9)2-13-8-7(12)6(11)5(10)3-14-8/h4-12H,2-3H2,1H3/t4?,5-,6+,7-,8-/m1/s1. The van der Waals surface area contributed by atoms with E-state index in [1.807, 2.05) is 0 Å². The summed E-state index contributed by atoms with van der Waals surface area (Å²) in [5.41, 5.74) is 0. The van der Waals surface area contributed by atoms with Gasteiger partial charge in [-0.05, 0) is 6.92 Å². The van der Waals surface area contributed by atoms with E-state index in [2.05, 4.69) is 0 Å². The molecule has 0 radical (unpaired) electrons. The van der Waals surface area contributed by atoms with Gasteiger partial charge in [-0.15, -0.1) is 0 Å². The summed E-state index contributed by atoms with van der Waals surface area (Å²) in [5.74, 6) is 0. The number of aliphatic hydroxyl groups excluding tert-OH is 4. The zero-order valence-corrected chi connectivity index (χ0v) is 7.91. The second-order valence-electron chi connectivity index (χ2n) is 3.43. The van der Waals surface area contributed by atoms with Gasteiger partial charge in [-0.1, -0.05) is 0 Å². The zero-order valence-electron chi connectivity index (χ0n) is 7.91. The summed E-state index contributed by atoms with van der Waals surface area (Å²) in [4.78, 5) is 0. The molecule has 1 saturated heterocycles. The molecule has 14 heavy (non-hydrogen) atoms. The molecule has 0 saturated carbocycles. The number of ether oxygens (including phenoxy) is 2. The molecule has 6 heteroatoms. The molecule has 1 rings (SSSR count). The highest BCUT2D eigenvalue weighted by Crippen LogP contribution is 2.16. The first kappa shape index (κ1) is 11.8. The van der Waals surface area contributed by atoms with Gasteiger partial charge in [0.1, 0.15) is 18.3 Å². The fourth-order valence-electron chi connectivity index (χ4n) is 1.16. The van der Waals surface area contributed by atoms with Crippen molar-refractivity contribution in [3.05, 3.63) is 0 Å². The van der Waals surface area contributed by atoms with Gasteiger partial charge in [0, 0.05) is 0 Å². The van der Waals surface area contributed by atoms with Crippen molar-refractivity contribution in [2.75, 3.05) is 13.2 Å². The van der Waals surface area contributed by atoms with Gasteiger partial charge in [-0.3, -0.25) is 0 Å². The average Bonchev–Trinajstić information content (AvgIpc) is 2.13. The Balaban J connectivity index is 2.39. The molecule has 5 atom stereocenters. The third-order valence-corrected chi connectivity index (χ3v) is 1.96. The van der Waals surface area contributed by atoms with Crippen LogP contribution in [0.5, 0.6) is 0 Å². The Morgan fingerprint density at radius 1 is 1.36 bits per heavy atom. The van der Waals surface area contributed by atoms with Crippen LogP contribution in [0.3, 0.4) is 0 Å². The summed E-state index contributed by atoms with van der Waals surface area (Å²) in [6, 6.07) is 0. The second-order valence-corrected chi connectivity index (χ2v) is 3.43. The Bertz CT molecular complexity index is 173. The van der Waals surface area contributed by atoms with E-state index in [0.29, 0.717) is 0 Å². The first-order valence-electron chi connectivity index (χ1n) is 4.48. The molecule has 0 amide bonds. The van der Waals surface area contributed by atoms with Crippen molar-refractivity contribution in [3.8, 4) is 0 Å². The summed E-state index contributed by atoms with van der Waals surface area (Å²) in [7, 11) is 0. The fraction of sp³-hybridized carbons (Fsp3) is 1.00. The molecular weight excluding hydrogens is 192 g/mol. The lowest BCUT2D eigenvalue weighted by Gasteiger charge is -2.35. The van der Waals surface area contributed by atoms with Crippen LogP contribution in [0.1, 0.15) is 6.92 Å². The molecule has 0 aliphatic carbocycles. The normalized spacial score (nSPS) is 40.9. The van der Waals surface area contributed by atoms with Crippen molar-refractivity contribution in [1.29, 1.82) is 0 Å². The number of hydrogen-bond acceptors (Lipinski definition) is 6. The molecule has 84 valence electrons. The maximum atomic E-state index is 9.38. The van der Waals surface area contributed by atoms with Gasteiger partial charge in [0.2, 0.25) is 0 Å². The summed E-state index contributed by atoms with van der Waals surface area (Å²) in [6.45, 7) is 1.44. The molecule has 1 aliphatic heterocycles. The molecule has 6 nitrogen and oxygen atoms in total. The van der Waals surface area contributed by atoms with Crippen LogP contribution < -0.4 is 0 Å². The fourth-order valence-corrected chi connectivity index (χ4v) is 1.16. The molecule has 0 spiro atoms. The topological polar surface area (TPSA) is 99.4 Å². The SMILES string of the molecule is CC(O)CO[C@@H]1OC[C@@H](O)[C@H](O)[C@H]1O. The lowest BCUT2D eigenvalue weighted by molar-refractivity contribution is -0.273. The van der Waals surface area contributed by atoms with E-state index in [9.17, 15) is 10.2 Å². The maximum Gasteiger partial charge on any atom is 0.186 e. The van der Waals surface area contributed by atoms with Crippen LogP contribution >= 0.6 is 0 Å². The molecule has 1 heterocycles. The largest absolute Gasteiger partial charge is 0.391 e. The molecule has 4 N–H and O–H groups in total. The van der Waals surface area contributed by atoms with E-state index in [0.717, 1.165) is 0 Å². The minimum Gasteiger partial charge on any atom is -0.391 e. The van der Waals surface area contributed by atoms with Gasteiger partial charge in [0.05, 0.1) is 19.3 Å². The van der Waals surface area contributed by atoms with Gasteiger partial charge in [-0.2, -0.15) is 0 Å². The smallest absolute Gasteiger partial charge is 0.186 e. The Morgan fingerprint density at radius 2 is 2.00 bits per heavy atom. The summed E-state index contributed by atoms with van der Waals surface area (Å²) < 4.78 is 9.91. The summed E-state index contributed by atoms with van der Waals surface area (Å²) in [6.07, 6.45) is -5.34. The minimum absolute atomic E-state index is 0.00451. The van der Waals surface area contributed by atoms with Crippen molar-refractivity contribution >= 4 is 0 Å². The van der Waals surface area contributed by atoms with E-state index in [1.54, 1.807) is 0 Å². The molecule has 0 aromatic rings. The summed E-state index contributed by atoms with van der Waals surface area (Å²) >= 11 is 0. The average molecular weight is 208 g/mol. The monoisotopic (exact) mass is 208 g/mol. The third-order valence-electron chi connectivity index (χ3n) is 1.96. The number of rotatable bonds is 3. The zero-order chi connectivity index (χ0) is 10.7. The molecule has 1 aliphatic rings. The molecule has 0 aromatic heterocycles. The van der Waals surface area contributed by atoms with E-state index in [-0.39, 0.29) is 13.2 Å². The van der Waals surface area contributed by atoms with E-state index in [4.69, 9.17) is 19.7 Å². The second kappa shape index (κ2) is 5.01. The minimum atomic E-state index is -1.29. The molecular formula is C8H16O6. The first-order valence-corrected chi connectivity index (χ1v) is 4.48. The van der Waals surface area contributed by atoms with Crippen LogP contribution in [0, 0.1) is 0 Å². The number of hydrogen-bond donors (Lipinski definition) is 4. The molecule has 1 fully saturated rings. The predicted octanol–water partition coefficient (Wildman–Crippen LogP) is -2.18. The lowest BCUT2D eigenvalue weighted by atomic mass is 10.1. The summed E-state index contributed by atoms with van der Waals surface area (Å²) in [5, 5.41) is 36.7. The molecule has 1 unspecified atom stereocenters. The van der Waals surface area contributed by atoms with E-state index < -0.39 is 30.7 Å². The molecule has 0 bridgehead atoms. The quantitative estimate of drug-likeness (QED) is 0.421. The van der Waals surface area contributed by atoms with Crippen molar-refractivity contribution in [2.45, 2.75) is 37.6 Å². The van der Waals surface area contributed by atoms with Crippen molar-refractivity contribution < 1.29 is 29.9 Å². The maximum absolute atomic E-state index is 9.38. The highest BCUT2D eigenvalue weighted by atomic mass is 16.7. The van der Waals surface area contributed by atoms with Gasteiger partial charge in [0.15, 0.2) is 6.29 Å². The van der Waals surface area contributed by atoms with Crippen molar-refractivity contribution in [3.63, 3.8) is 0 Å². The molecule has 0 aromatic carbocycles. The van der Waals surface area contributed by atoms with Crippen LogP contribution in [0.2, 0.25) is 0 Å². The first-order chi connectivity index (χ1) is 6.52. The Morgan fingerprint density at radius 3 is 2.57 bits per heavy atom. The van der Waals surface area contributed by atoms with Crippen LogP contribution in [0.15, 0.2) is 0 Å². The van der Waals surface area contributed by atoms with Crippen LogP contribution in [-0.4, -0.2) is 64.3 Å². The Labute approximate surface area is 81.7 Å². The van der Waals surface area contributed by atoms with Gasteiger partial charge >= 0.3 is 0 Å². The highest BCUT2D eigenvalue weighted by Gasteiger charge is 2.38. The van der Waals surface area contributed by atoms with Crippen LogP contribution in [0.4, 0.5) is 0 Å².